The number of amides is 1. The molecule has 1 amide bonds. The van der Waals surface area contributed by atoms with E-state index in [4.69, 9.17) is 17.0 Å². The predicted molar refractivity (Wildman–Crippen MR) is 70.0 cm³/mol. The highest BCUT2D eigenvalue weighted by Gasteiger charge is 2.28. The van der Waals surface area contributed by atoms with Gasteiger partial charge in [-0.2, -0.15) is 0 Å². The maximum atomic E-state index is 11.6. The predicted octanol–water partition coefficient (Wildman–Crippen LogP) is 2.92. The number of rotatable bonds is 3. The lowest BCUT2D eigenvalue weighted by atomic mass is 10.1. The molecule has 0 aliphatic carbocycles. The average molecular weight is 270 g/mol. The smallest absolute Gasteiger partial charge is 0.410 e. The van der Waals surface area contributed by atoms with Gasteiger partial charge in [0.2, 0.25) is 0 Å². The van der Waals surface area contributed by atoms with Crippen molar-refractivity contribution in [3.63, 3.8) is 0 Å². The fourth-order valence-electron chi connectivity index (χ4n) is 1.89. The van der Waals surface area contributed by atoms with Gasteiger partial charge in [-0.15, -0.1) is 11.3 Å². The Balaban J connectivity index is 1.93. The zero-order valence-electron chi connectivity index (χ0n) is 9.35. The van der Waals surface area contributed by atoms with Gasteiger partial charge in [0.25, 0.3) is 0 Å². The molecule has 4 nitrogen and oxygen atoms in total. The molecule has 2 rings (SSSR count). The van der Waals surface area contributed by atoms with E-state index in [1.165, 1.54) is 11.3 Å². The Bertz CT molecular complexity index is 466. The Labute approximate surface area is 109 Å². The molecule has 0 spiro atoms. The lowest BCUT2D eigenvalue weighted by Crippen LogP contribution is -2.29. The second-order valence-corrected chi connectivity index (χ2v) is 5.45. The summed E-state index contributed by atoms with van der Waals surface area (Å²) in [6.07, 6.45) is 2.26. The Hall–Kier alpha value is -1.14. The molecular weight excluding hydrogens is 256 g/mol. The van der Waals surface area contributed by atoms with Crippen molar-refractivity contribution < 1.29 is 9.53 Å². The highest BCUT2D eigenvalue weighted by molar-refractivity contribution is 7.73. The van der Waals surface area contributed by atoms with E-state index < -0.39 is 0 Å². The fourth-order valence-corrected chi connectivity index (χ4v) is 2.82. The van der Waals surface area contributed by atoms with Gasteiger partial charge in [0.1, 0.15) is 6.61 Å². The summed E-state index contributed by atoms with van der Waals surface area (Å²) in [6.45, 7) is 5.20. The molecule has 1 N–H and O–H groups in total. The van der Waals surface area contributed by atoms with Gasteiger partial charge in [-0.1, -0.05) is 12.7 Å². The van der Waals surface area contributed by atoms with Crippen LogP contribution in [0.2, 0.25) is 0 Å². The van der Waals surface area contributed by atoms with Crippen LogP contribution < -0.4 is 0 Å². The van der Waals surface area contributed by atoms with Crippen LogP contribution in [0.25, 0.3) is 0 Å². The van der Waals surface area contributed by atoms with E-state index in [-0.39, 0.29) is 12.7 Å². The van der Waals surface area contributed by atoms with E-state index in [2.05, 4.69) is 11.6 Å². The molecule has 0 bridgehead atoms. The molecule has 0 unspecified atom stereocenters. The van der Waals surface area contributed by atoms with Gasteiger partial charge < -0.3 is 14.6 Å². The number of H-pyrrole nitrogens is 1. The molecule has 0 saturated carbocycles. The van der Waals surface area contributed by atoms with Crippen molar-refractivity contribution in [2.24, 2.45) is 0 Å². The summed E-state index contributed by atoms with van der Waals surface area (Å²) in [6, 6.07) is 0. The molecule has 0 aromatic carbocycles. The van der Waals surface area contributed by atoms with Crippen LogP contribution >= 0.6 is 23.6 Å². The molecule has 1 aromatic heterocycles. The standard InChI is InChI=1S/C11H14N2O2S2/c1-2-5-15-11(14)13-4-3-8(6-13)9-7-17-10(16)12-9/h2,7-8H,1,3-6H2,(H,12,16)/t8-/m1/s1. The van der Waals surface area contributed by atoms with Gasteiger partial charge in [0.05, 0.1) is 0 Å². The Kier molecular flexibility index (Phi) is 3.96. The number of hydrogen-bond donors (Lipinski definition) is 1. The highest BCUT2D eigenvalue weighted by atomic mass is 32.1. The molecule has 92 valence electrons. The molecule has 2 heterocycles. The second kappa shape index (κ2) is 5.46. The summed E-state index contributed by atoms with van der Waals surface area (Å²) in [5, 5.41) is 2.03. The van der Waals surface area contributed by atoms with Crippen LogP contribution in [0.5, 0.6) is 0 Å². The van der Waals surface area contributed by atoms with E-state index in [9.17, 15) is 4.79 Å². The lowest BCUT2D eigenvalue weighted by Gasteiger charge is -2.15. The summed E-state index contributed by atoms with van der Waals surface area (Å²) in [5.74, 6) is 0.347. The Morgan fingerprint density at radius 1 is 1.82 bits per heavy atom. The molecule has 0 radical (unpaired) electrons. The summed E-state index contributed by atoms with van der Waals surface area (Å²) >= 11 is 6.58. The molecule has 1 aliphatic rings. The van der Waals surface area contributed by atoms with Gasteiger partial charge in [0, 0.05) is 30.1 Å². The first-order chi connectivity index (χ1) is 8.20. The number of ether oxygens (including phenoxy) is 1. The lowest BCUT2D eigenvalue weighted by molar-refractivity contribution is 0.121. The average Bonchev–Trinajstić information content (AvgIpc) is 2.93. The highest BCUT2D eigenvalue weighted by Crippen LogP contribution is 2.27. The van der Waals surface area contributed by atoms with Crippen molar-refractivity contribution in [2.45, 2.75) is 12.3 Å². The number of carbonyl (C=O) groups is 1. The van der Waals surface area contributed by atoms with E-state index in [0.29, 0.717) is 12.5 Å². The normalized spacial score (nSPS) is 19.3. The number of aromatic nitrogens is 1. The third kappa shape index (κ3) is 2.95. The van der Waals surface area contributed by atoms with Crippen molar-refractivity contribution in [1.29, 1.82) is 0 Å². The minimum Gasteiger partial charge on any atom is -0.445 e. The topological polar surface area (TPSA) is 45.3 Å². The van der Waals surface area contributed by atoms with E-state index in [1.54, 1.807) is 11.0 Å². The van der Waals surface area contributed by atoms with Crippen LogP contribution in [0.15, 0.2) is 18.0 Å². The van der Waals surface area contributed by atoms with Crippen LogP contribution in [0.3, 0.4) is 0 Å². The summed E-state index contributed by atoms with van der Waals surface area (Å²) < 4.78 is 5.79. The second-order valence-electron chi connectivity index (χ2n) is 3.90. The number of carbonyl (C=O) groups excluding carboxylic acids is 1. The fraction of sp³-hybridized carbons (Fsp3) is 0.455. The maximum Gasteiger partial charge on any atom is 0.410 e. The Morgan fingerprint density at radius 2 is 2.65 bits per heavy atom. The number of nitrogens with zero attached hydrogens (tertiary/aromatic N) is 1. The molecular formula is C11H14N2O2S2. The van der Waals surface area contributed by atoms with Gasteiger partial charge in [-0.25, -0.2) is 4.79 Å². The zero-order valence-corrected chi connectivity index (χ0v) is 11.0. The van der Waals surface area contributed by atoms with Crippen LogP contribution in [0, 0.1) is 3.95 Å². The van der Waals surface area contributed by atoms with E-state index in [1.807, 2.05) is 5.38 Å². The number of thiazole rings is 1. The minimum absolute atomic E-state index is 0.263. The van der Waals surface area contributed by atoms with Gasteiger partial charge in [-0.05, 0) is 18.6 Å². The largest absolute Gasteiger partial charge is 0.445 e. The minimum atomic E-state index is -0.263. The first-order valence-electron chi connectivity index (χ1n) is 5.41. The van der Waals surface area contributed by atoms with Crippen molar-refractivity contribution in [1.82, 2.24) is 9.88 Å². The molecule has 1 saturated heterocycles. The van der Waals surface area contributed by atoms with E-state index in [0.717, 1.165) is 22.6 Å². The molecule has 1 fully saturated rings. The third-order valence-electron chi connectivity index (χ3n) is 2.75. The summed E-state index contributed by atoms with van der Waals surface area (Å²) in [4.78, 5) is 16.5. The Morgan fingerprint density at radius 3 is 3.29 bits per heavy atom. The van der Waals surface area contributed by atoms with Gasteiger partial charge in [-0.3, -0.25) is 0 Å². The van der Waals surface area contributed by atoms with Crippen molar-refractivity contribution >= 4 is 29.6 Å². The SMILES string of the molecule is C=CCOC(=O)N1CC[C@@H](c2csc(=S)[nH]2)C1. The zero-order chi connectivity index (χ0) is 12.3. The van der Waals surface area contributed by atoms with Crippen LogP contribution in [0.4, 0.5) is 4.79 Å². The number of aromatic amines is 1. The molecule has 1 atom stereocenters. The van der Waals surface area contributed by atoms with Gasteiger partial charge in [0.15, 0.2) is 3.95 Å². The van der Waals surface area contributed by atoms with Crippen molar-refractivity contribution in [2.75, 3.05) is 19.7 Å². The molecule has 1 aromatic rings. The quantitative estimate of drug-likeness (QED) is 0.678. The van der Waals surface area contributed by atoms with E-state index >= 15 is 0 Å². The van der Waals surface area contributed by atoms with Gasteiger partial charge >= 0.3 is 6.09 Å². The monoisotopic (exact) mass is 270 g/mol. The summed E-state index contributed by atoms with van der Waals surface area (Å²) in [5.41, 5.74) is 1.12. The summed E-state index contributed by atoms with van der Waals surface area (Å²) in [7, 11) is 0. The van der Waals surface area contributed by atoms with Crippen LogP contribution in [-0.2, 0) is 4.74 Å². The number of likely N-dealkylation sites (tertiary alicyclic amines) is 1. The van der Waals surface area contributed by atoms with Crippen LogP contribution in [0.1, 0.15) is 18.0 Å². The first-order valence-corrected chi connectivity index (χ1v) is 6.70. The first kappa shape index (κ1) is 12.3. The van der Waals surface area contributed by atoms with Crippen molar-refractivity contribution in [3.05, 3.63) is 27.7 Å². The molecule has 17 heavy (non-hydrogen) atoms. The van der Waals surface area contributed by atoms with Crippen LogP contribution in [-0.4, -0.2) is 35.7 Å². The molecule has 6 heteroatoms. The number of hydrogen-bond acceptors (Lipinski definition) is 4. The number of nitrogens with one attached hydrogen (secondary N) is 1. The van der Waals surface area contributed by atoms with Crippen molar-refractivity contribution in [3.8, 4) is 0 Å². The molecule has 1 aliphatic heterocycles. The third-order valence-corrected chi connectivity index (χ3v) is 3.83. The maximum absolute atomic E-state index is 11.6.